The van der Waals surface area contributed by atoms with Gasteiger partial charge in [-0.1, -0.05) is 11.6 Å². The number of hydrogen-bond acceptors (Lipinski definition) is 4. The largest absolute Gasteiger partial charge is 0.308 e. The van der Waals surface area contributed by atoms with E-state index in [2.05, 4.69) is 15.9 Å². The quantitative estimate of drug-likeness (QED) is 0.808. The van der Waals surface area contributed by atoms with Gasteiger partial charge in [-0.3, -0.25) is 0 Å². The zero-order valence-corrected chi connectivity index (χ0v) is 13.7. The molecule has 0 N–H and O–H groups in total. The van der Waals surface area contributed by atoms with Crippen molar-refractivity contribution >= 4 is 48.9 Å². The van der Waals surface area contributed by atoms with Crippen LogP contribution in [0.5, 0.6) is 0 Å². The maximum atomic E-state index is 12.1. The fraction of sp³-hybridized carbons (Fsp3) is 0.556. The smallest absolute Gasteiger partial charge is 0.252 e. The molecule has 1 aromatic heterocycles. The van der Waals surface area contributed by atoms with Gasteiger partial charge in [0, 0.05) is 20.1 Å². The molecular formula is C9H14BrClN2O2S2. The molecule has 1 aromatic rings. The Morgan fingerprint density at radius 1 is 1.35 bits per heavy atom. The van der Waals surface area contributed by atoms with Crippen molar-refractivity contribution in [1.29, 1.82) is 0 Å². The van der Waals surface area contributed by atoms with Gasteiger partial charge in [-0.25, -0.2) is 8.42 Å². The van der Waals surface area contributed by atoms with Gasteiger partial charge in [-0.15, -0.1) is 11.3 Å². The second-order valence-electron chi connectivity index (χ2n) is 3.82. The summed E-state index contributed by atoms with van der Waals surface area (Å²) in [6.45, 7) is 1.12. The van der Waals surface area contributed by atoms with E-state index in [1.54, 1.807) is 7.05 Å². The first-order valence-corrected chi connectivity index (χ1v) is 8.24. The van der Waals surface area contributed by atoms with Crippen LogP contribution in [0.25, 0.3) is 0 Å². The van der Waals surface area contributed by atoms with Crippen LogP contribution in [0.15, 0.2) is 14.1 Å². The second-order valence-corrected chi connectivity index (χ2v) is 8.87. The van der Waals surface area contributed by atoms with E-state index >= 15 is 0 Å². The van der Waals surface area contributed by atoms with E-state index in [9.17, 15) is 8.42 Å². The first-order chi connectivity index (χ1) is 7.75. The molecule has 98 valence electrons. The van der Waals surface area contributed by atoms with Gasteiger partial charge in [-0.05, 0) is 36.1 Å². The Bertz CT molecular complexity index is 468. The molecule has 17 heavy (non-hydrogen) atoms. The second kappa shape index (κ2) is 5.99. The Kier molecular flexibility index (Phi) is 5.42. The fourth-order valence-corrected chi connectivity index (χ4v) is 4.84. The average Bonchev–Trinajstić information content (AvgIpc) is 2.56. The zero-order valence-electron chi connectivity index (χ0n) is 9.77. The zero-order chi connectivity index (χ0) is 13.2. The van der Waals surface area contributed by atoms with Crippen LogP contribution in [-0.2, 0) is 10.0 Å². The van der Waals surface area contributed by atoms with E-state index in [4.69, 9.17) is 11.6 Å². The number of hydrogen-bond donors (Lipinski definition) is 0. The number of rotatable bonds is 5. The number of sulfonamides is 1. The van der Waals surface area contributed by atoms with Gasteiger partial charge in [0.05, 0.1) is 8.81 Å². The maximum Gasteiger partial charge on any atom is 0.252 e. The van der Waals surface area contributed by atoms with Gasteiger partial charge >= 0.3 is 0 Å². The summed E-state index contributed by atoms with van der Waals surface area (Å²) in [6.07, 6.45) is 0. The summed E-state index contributed by atoms with van der Waals surface area (Å²) < 4.78 is 26.5. The lowest BCUT2D eigenvalue weighted by Gasteiger charge is -2.18. The first kappa shape index (κ1) is 15.4. The highest BCUT2D eigenvalue weighted by molar-refractivity contribution is 9.11. The molecule has 0 amide bonds. The van der Waals surface area contributed by atoms with Gasteiger partial charge in [0.15, 0.2) is 0 Å². The molecule has 0 fully saturated rings. The predicted molar refractivity (Wildman–Crippen MR) is 75.4 cm³/mol. The molecule has 1 rings (SSSR count). The van der Waals surface area contributed by atoms with Crippen LogP contribution in [0, 0.1) is 0 Å². The van der Waals surface area contributed by atoms with E-state index in [1.165, 1.54) is 10.4 Å². The Hall–Kier alpha value is 0.340. The number of halogens is 2. The topological polar surface area (TPSA) is 40.6 Å². The molecule has 0 aromatic carbocycles. The Balaban J connectivity index is 2.87. The van der Waals surface area contributed by atoms with Gasteiger partial charge in [-0.2, -0.15) is 4.31 Å². The van der Waals surface area contributed by atoms with E-state index in [0.29, 0.717) is 21.9 Å². The standard InChI is InChI=1S/C9H14BrClN2O2S2/c1-12(2)4-5-13(3)17(14,15)8-6-7(11)9(10)16-8/h6H,4-5H2,1-3H3. The van der Waals surface area contributed by atoms with Crippen molar-refractivity contribution in [3.05, 3.63) is 14.9 Å². The molecule has 0 saturated heterocycles. The third-order valence-corrected chi connectivity index (χ3v) is 6.93. The van der Waals surface area contributed by atoms with Crippen molar-refractivity contribution in [3.8, 4) is 0 Å². The molecule has 0 unspecified atom stereocenters. The number of thiophene rings is 1. The Labute approximate surface area is 119 Å². The van der Waals surface area contributed by atoms with Gasteiger partial charge < -0.3 is 4.90 Å². The fourth-order valence-electron chi connectivity index (χ4n) is 1.07. The van der Waals surface area contributed by atoms with Gasteiger partial charge in [0.2, 0.25) is 0 Å². The third kappa shape index (κ3) is 3.90. The van der Waals surface area contributed by atoms with Crippen molar-refractivity contribution in [1.82, 2.24) is 9.21 Å². The summed E-state index contributed by atoms with van der Waals surface area (Å²) in [4.78, 5) is 1.93. The first-order valence-electron chi connectivity index (χ1n) is 4.81. The molecular weight excluding hydrogens is 348 g/mol. The van der Waals surface area contributed by atoms with Crippen LogP contribution in [-0.4, -0.2) is 51.9 Å². The maximum absolute atomic E-state index is 12.1. The summed E-state index contributed by atoms with van der Waals surface area (Å²) in [5, 5.41) is 0.426. The molecule has 0 saturated carbocycles. The highest BCUT2D eigenvalue weighted by Gasteiger charge is 2.23. The van der Waals surface area contributed by atoms with Crippen molar-refractivity contribution in [2.45, 2.75) is 4.21 Å². The minimum absolute atomic E-state index is 0.260. The minimum atomic E-state index is -3.43. The van der Waals surface area contributed by atoms with E-state index < -0.39 is 10.0 Å². The third-order valence-electron chi connectivity index (χ3n) is 2.15. The van der Waals surface area contributed by atoms with E-state index in [0.717, 1.165) is 11.3 Å². The molecule has 0 aliphatic rings. The van der Waals surface area contributed by atoms with Crippen molar-refractivity contribution in [2.24, 2.45) is 0 Å². The van der Waals surface area contributed by atoms with Crippen LogP contribution in [0.2, 0.25) is 5.02 Å². The molecule has 8 heteroatoms. The van der Waals surface area contributed by atoms with Crippen LogP contribution < -0.4 is 0 Å². The number of nitrogens with zero attached hydrogens (tertiary/aromatic N) is 2. The molecule has 0 spiro atoms. The molecule has 4 nitrogen and oxygen atoms in total. The van der Waals surface area contributed by atoms with Crippen molar-refractivity contribution in [3.63, 3.8) is 0 Å². The highest BCUT2D eigenvalue weighted by atomic mass is 79.9. The molecule has 0 bridgehead atoms. The molecule has 1 heterocycles. The monoisotopic (exact) mass is 360 g/mol. The summed E-state index contributed by atoms with van der Waals surface area (Å²) >= 11 is 10.2. The van der Waals surface area contributed by atoms with Crippen LogP contribution in [0.3, 0.4) is 0 Å². The normalized spacial score (nSPS) is 12.6. The van der Waals surface area contributed by atoms with Crippen molar-refractivity contribution < 1.29 is 8.42 Å². The van der Waals surface area contributed by atoms with E-state index in [1.807, 2.05) is 19.0 Å². The summed E-state index contributed by atoms with van der Waals surface area (Å²) in [5.74, 6) is 0. The predicted octanol–water partition coefficient (Wildman–Crippen LogP) is 2.35. The van der Waals surface area contributed by atoms with Crippen LogP contribution in [0.1, 0.15) is 0 Å². The van der Waals surface area contributed by atoms with Gasteiger partial charge in [0.25, 0.3) is 10.0 Å². The number of likely N-dealkylation sites (N-methyl/N-ethyl adjacent to an activating group) is 2. The Morgan fingerprint density at radius 2 is 1.94 bits per heavy atom. The summed E-state index contributed by atoms with van der Waals surface area (Å²) in [5.41, 5.74) is 0. The Morgan fingerprint density at radius 3 is 2.35 bits per heavy atom. The van der Waals surface area contributed by atoms with E-state index in [-0.39, 0.29) is 4.21 Å². The molecule has 0 radical (unpaired) electrons. The van der Waals surface area contributed by atoms with Gasteiger partial charge in [0.1, 0.15) is 4.21 Å². The lowest BCUT2D eigenvalue weighted by atomic mass is 10.6. The lowest BCUT2D eigenvalue weighted by Crippen LogP contribution is -2.33. The van der Waals surface area contributed by atoms with Crippen molar-refractivity contribution in [2.75, 3.05) is 34.2 Å². The van der Waals surface area contributed by atoms with Crippen LogP contribution in [0.4, 0.5) is 0 Å². The average molecular weight is 362 g/mol. The lowest BCUT2D eigenvalue weighted by molar-refractivity contribution is 0.359. The molecule has 0 aliphatic heterocycles. The summed E-state index contributed by atoms with van der Waals surface area (Å²) in [7, 11) is 1.95. The SMILES string of the molecule is CN(C)CCN(C)S(=O)(=O)c1cc(Cl)c(Br)s1. The summed E-state index contributed by atoms with van der Waals surface area (Å²) in [6, 6.07) is 1.47. The minimum Gasteiger partial charge on any atom is -0.308 e. The molecule has 0 aliphatic carbocycles. The highest BCUT2D eigenvalue weighted by Crippen LogP contribution is 2.35. The van der Waals surface area contributed by atoms with Crippen LogP contribution >= 0.6 is 38.9 Å². The molecule has 0 atom stereocenters.